The summed E-state index contributed by atoms with van der Waals surface area (Å²) in [7, 11) is 0. The summed E-state index contributed by atoms with van der Waals surface area (Å²) in [6, 6.07) is 13.7. The Labute approximate surface area is 177 Å². The molecule has 1 fully saturated rings. The number of halogens is 1. The van der Waals surface area contributed by atoms with Crippen LogP contribution in [0.1, 0.15) is 36.0 Å². The summed E-state index contributed by atoms with van der Waals surface area (Å²) in [5.41, 5.74) is 2.12. The molecule has 0 aliphatic heterocycles. The van der Waals surface area contributed by atoms with Crippen LogP contribution in [0.3, 0.4) is 0 Å². The lowest BCUT2D eigenvalue weighted by Crippen LogP contribution is -2.32. The second-order valence-corrected chi connectivity index (χ2v) is 8.57. The summed E-state index contributed by atoms with van der Waals surface area (Å²) < 4.78 is 0. The van der Waals surface area contributed by atoms with Crippen molar-refractivity contribution in [1.82, 2.24) is 10.3 Å². The van der Waals surface area contributed by atoms with Gasteiger partial charge in [-0.2, -0.15) is 11.3 Å². The first kappa shape index (κ1) is 18.4. The number of hydrogen-bond donors (Lipinski definition) is 2. The number of para-hydroxylation sites is 2. The molecule has 1 amide bonds. The number of carbonyl (C=O) groups is 1. The molecule has 0 atom stereocenters. The highest BCUT2D eigenvalue weighted by Crippen LogP contribution is 2.36. The Kier molecular flexibility index (Phi) is 4.86. The Morgan fingerprint density at radius 1 is 1.00 bits per heavy atom. The van der Waals surface area contributed by atoms with E-state index in [1.54, 1.807) is 11.3 Å². The lowest BCUT2D eigenvalue weighted by atomic mass is 10.0. The number of benzene rings is 2. The molecular formula is C23H20ClN3OS. The monoisotopic (exact) mass is 421 g/mol. The summed E-state index contributed by atoms with van der Waals surface area (Å²) >= 11 is 7.97. The molecule has 1 saturated carbocycles. The molecule has 146 valence electrons. The van der Waals surface area contributed by atoms with Crippen LogP contribution in [-0.4, -0.2) is 16.9 Å². The fraction of sp³-hybridized carbons (Fsp3) is 0.217. The predicted octanol–water partition coefficient (Wildman–Crippen LogP) is 6.52. The molecule has 4 aromatic rings. The van der Waals surface area contributed by atoms with Crippen LogP contribution in [0.15, 0.2) is 53.2 Å². The highest BCUT2D eigenvalue weighted by molar-refractivity contribution is 7.09. The van der Waals surface area contributed by atoms with Gasteiger partial charge in [-0.25, -0.2) is 4.98 Å². The SMILES string of the molecule is O=C(NC1CCCC1)c1cccc2c1nc(Nc1ccccc1Cl)c1cscc12. The number of carbonyl (C=O) groups excluding carboxylic acids is 1. The van der Waals surface area contributed by atoms with Crippen LogP contribution < -0.4 is 10.6 Å². The number of aromatic nitrogens is 1. The Morgan fingerprint density at radius 2 is 1.79 bits per heavy atom. The first-order valence-electron chi connectivity index (χ1n) is 9.82. The molecular weight excluding hydrogens is 402 g/mol. The first-order chi connectivity index (χ1) is 14.2. The minimum absolute atomic E-state index is 0.0479. The van der Waals surface area contributed by atoms with Crippen molar-refractivity contribution in [3.63, 3.8) is 0 Å². The van der Waals surface area contributed by atoms with Crippen molar-refractivity contribution in [3.05, 3.63) is 63.8 Å². The second kappa shape index (κ2) is 7.65. The van der Waals surface area contributed by atoms with E-state index in [1.807, 2.05) is 42.5 Å². The molecule has 0 unspecified atom stereocenters. The summed E-state index contributed by atoms with van der Waals surface area (Å²) in [6.45, 7) is 0. The molecule has 0 bridgehead atoms. The summed E-state index contributed by atoms with van der Waals surface area (Å²) in [5.74, 6) is 0.663. The molecule has 4 nitrogen and oxygen atoms in total. The van der Waals surface area contributed by atoms with Crippen molar-refractivity contribution in [2.24, 2.45) is 0 Å². The number of anilines is 2. The molecule has 0 spiro atoms. The van der Waals surface area contributed by atoms with Gasteiger partial charge in [-0.15, -0.1) is 0 Å². The average Bonchev–Trinajstić information content (AvgIpc) is 3.41. The van der Waals surface area contributed by atoms with Crippen LogP contribution in [0.2, 0.25) is 5.02 Å². The topological polar surface area (TPSA) is 54.0 Å². The fourth-order valence-corrected chi connectivity index (χ4v) is 5.06. The molecule has 29 heavy (non-hydrogen) atoms. The zero-order chi connectivity index (χ0) is 19.8. The molecule has 1 aliphatic carbocycles. The fourth-order valence-electron chi connectivity index (χ4n) is 4.04. The molecule has 6 heteroatoms. The summed E-state index contributed by atoms with van der Waals surface area (Å²) in [6.07, 6.45) is 4.47. The number of thiophene rings is 1. The van der Waals surface area contributed by atoms with Gasteiger partial charge in [0.2, 0.25) is 0 Å². The Bertz CT molecular complexity index is 1210. The van der Waals surface area contributed by atoms with E-state index >= 15 is 0 Å². The Hall–Kier alpha value is -2.63. The van der Waals surface area contributed by atoms with Crippen LogP contribution in [0, 0.1) is 0 Å². The molecule has 2 N–H and O–H groups in total. The number of amides is 1. The third-order valence-corrected chi connectivity index (χ3v) is 6.60. The van der Waals surface area contributed by atoms with Gasteiger partial charge in [0.05, 0.1) is 21.8 Å². The zero-order valence-electron chi connectivity index (χ0n) is 15.7. The minimum Gasteiger partial charge on any atom is -0.349 e. The van der Waals surface area contributed by atoms with Gasteiger partial charge in [-0.05, 0) is 36.4 Å². The van der Waals surface area contributed by atoms with Gasteiger partial charge in [0.15, 0.2) is 0 Å². The highest BCUT2D eigenvalue weighted by atomic mass is 35.5. The van der Waals surface area contributed by atoms with E-state index < -0.39 is 0 Å². The number of rotatable bonds is 4. The number of nitrogens with zero attached hydrogens (tertiary/aromatic N) is 1. The third-order valence-electron chi connectivity index (χ3n) is 5.53. The van der Waals surface area contributed by atoms with E-state index in [9.17, 15) is 4.79 Å². The van der Waals surface area contributed by atoms with E-state index in [2.05, 4.69) is 21.4 Å². The summed E-state index contributed by atoms with van der Waals surface area (Å²) in [5, 5.41) is 14.5. The normalized spacial score (nSPS) is 14.5. The van der Waals surface area contributed by atoms with Crippen molar-refractivity contribution in [1.29, 1.82) is 0 Å². The van der Waals surface area contributed by atoms with Crippen LogP contribution >= 0.6 is 22.9 Å². The van der Waals surface area contributed by atoms with Gasteiger partial charge in [0.1, 0.15) is 5.82 Å². The van der Waals surface area contributed by atoms with Crippen molar-refractivity contribution >= 4 is 62.0 Å². The van der Waals surface area contributed by atoms with Crippen LogP contribution in [0.25, 0.3) is 21.7 Å². The van der Waals surface area contributed by atoms with E-state index in [-0.39, 0.29) is 11.9 Å². The second-order valence-electron chi connectivity index (χ2n) is 7.42. The van der Waals surface area contributed by atoms with Gasteiger partial charge in [-0.3, -0.25) is 4.79 Å². The van der Waals surface area contributed by atoms with Crippen LogP contribution in [-0.2, 0) is 0 Å². The zero-order valence-corrected chi connectivity index (χ0v) is 17.3. The number of fused-ring (bicyclic) bond motifs is 3. The lowest BCUT2D eigenvalue weighted by molar-refractivity contribution is 0.0939. The van der Waals surface area contributed by atoms with Crippen molar-refractivity contribution in [2.45, 2.75) is 31.7 Å². The number of hydrogen-bond acceptors (Lipinski definition) is 4. The molecule has 1 aliphatic rings. The van der Waals surface area contributed by atoms with E-state index in [0.29, 0.717) is 21.9 Å². The number of nitrogens with one attached hydrogen (secondary N) is 2. The predicted molar refractivity (Wildman–Crippen MR) is 122 cm³/mol. The molecule has 2 aromatic heterocycles. The standard InChI is InChI=1S/C23H20ClN3OS/c24-19-10-3-4-11-20(19)26-22-18-13-29-12-17(18)15-8-5-9-16(21(15)27-22)23(28)25-14-6-1-2-7-14/h3-5,8-14H,1-2,6-7H2,(H,25,28)(H,26,27). The van der Waals surface area contributed by atoms with Gasteiger partial charge < -0.3 is 10.6 Å². The maximum absolute atomic E-state index is 13.0. The van der Waals surface area contributed by atoms with E-state index in [1.165, 1.54) is 12.8 Å². The largest absolute Gasteiger partial charge is 0.349 e. The number of pyridine rings is 1. The molecule has 2 heterocycles. The highest BCUT2D eigenvalue weighted by Gasteiger charge is 2.21. The van der Waals surface area contributed by atoms with Crippen LogP contribution in [0.5, 0.6) is 0 Å². The molecule has 5 rings (SSSR count). The van der Waals surface area contributed by atoms with Crippen LogP contribution in [0.4, 0.5) is 11.5 Å². The minimum atomic E-state index is -0.0479. The molecule has 0 radical (unpaired) electrons. The maximum atomic E-state index is 13.0. The Morgan fingerprint density at radius 3 is 2.62 bits per heavy atom. The van der Waals surface area contributed by atoms with E-state index in [0.717, 1.165) is 34.7 Å². The Balaban J connectivity index is 1.62. The quantitative estimate of drug-likeness (QED) is 0.394. The van der Waals surface area contributed by atoms with Crippen molar-refractivity contribution < 1.29 is 4.79 Å². The van der Waals surface area contributed by atoms with Crippen molar-refractivity contribution in [3.8, 4) is 0 Å². The van der Waals surface area contributed by atoms with Gasteiger partial charge in [0.25, 0.3) is 5.91 Å². The van der Waals surface area contributed by atoms with Gasteiger partial charge in [-0.1, -0.05) is 48.7 Å². The van der Waals surface area contributed by atoms with E-state index in [4.69, 9.17) is 16.6 Å². The van der Waals surface area contributed by atoms with Gasteiger partial charge in [0, 0.05) is 27.6 Å². The summed E-state index contributed by atoms with van der Waals surface area (Å²) in [4.78, 5) is 17.9. The third kappa shape index (κ3) is 3.45. The molecule has 2 aromatic carbocycles. The maximum Gasteiger partial charge on any atom is 0.253 e. The average molecular weight is 422 g/mol. The lowest BCUT2D eigenvalue weighted by Gasteiger charge is -2.15. The first-order valence-corrected chi connectivity index (χ1v) is 11.1. The van der Waals surface area contributed by atoms with Gasteiger partial charge >= 0.3 is 0 Å². The smallest absolute Gasteiger partial charge is 0.253 e. The van der Waals surface area contributed by atoms with Crippen molar-refractivity contribution in [2.75, 3.05) is 5.32 Å². The molecule has 0 saturated heterocycles.